The van der Waals surface area contributed by atoms with Crippen molar-refractivity contribution in [1.29, 1.82) is 0 Å². The van der Waals surface area contributed by atoms with Crippen molar-refractivity contribution in [3.8, 4) is 28.4 Å². The molecule has 0 aliphatic heterocycles. The van der Waals surface area contributed by atoms with Crippen LogP contribution in [0.3, 0.4) is 0 Å². The number of hydrogen-bond donors (Lipinski definition) is 2. The molecule has 0 atom stereocenters. The van der Waals surface area contributed by atoms with Gasteiger partial charge in [0.1, 0.15) is 39.5 Å². The van der Waals surface area contributed by atoms with Gasteiger partial charge in [-0.1, -0.05) is 54.1 Å². The minimum Gasteiger partial charge on any atom is -0.482 e. The number of alkyl halides is 9. The molecule has 346 valence electrons. The van der Waals surface area contributed by atoms with E-state index in [-0.39, 0.29) is 34.1 Å². The van der Waals surface area contributed by atoms with Crippen molar-refractivity contribution < 1.29 is 71.4 Å². The zero-order valence-corrected chi connectivity index (χ0v) is 34.3. The van der Waals surface area contributed by atoms with Crippen molar-refractivity contribution in [2.45, 2.75) is 18.5 Å². The van der Waals surface area contributed by atoms with Gasteiger partial charge in [0.25, 0.3) is 11.8 Å². The first-order valence-electron chi connectivity index (χ1n) is 18.9. The maximum atomic E-state index is 13.8. The van der Waals surface area contributed by atoms with Gasteiger partial charge in [0.15, 0.2) is 5.88 Å². The predicted octanol–water partition coefficient (Wildman–Crippen LogP) is 14.0. The number of anilines is 2. The fourth-order valence-electron chi connectivity index (χ4n) is 7.02. The molecule has 67 heavy (non-hydrogen) atoms. The van der Waals surface area contributed by atoms with E-state index in [0.29, 0.717) is 23.7 Å². The van der Waals surface area contributed by atoms with E-state index in [1.165, 1.54) is 60.0 Å². The molecule has 4 aromatic heterocycles. The van der Waals surface area contributed by atoms with Crippen molar-refractivity contribution in [1.82, 2.24) is 8.80 Å². The number of pyridine rings is 2. The Kier molecular flexibility index (Phi) is 12.8. The van der Waals surface area contributed by atoms with Crippen LogP contribution in [0, 0.1) is 23.3 Å². The minimum atomic E-state index is -4.93. The van der Waals surface area contributed by atoms with Crippen LogP contribution in [-0.4, -0.2) is 27.7 Å². The molecule has 8 aromatic rings. The number of amides is 2. The third-order valence-corrected chi connectivity index (χ3v) is 10.2. The fraction of sp³-hybridized carbons (Fsp3) is 0.0870. The maximum absolute atomic E-state index is 13.8. The van der Waals surface area contributed by atoms with Crippen LogP contribution in [0.15, 0.2) is 127 Å². The first-order chi connectivity index (χ1) is 31.5. The monoisotopic (exact) mass is 964 g/mol. The summed E-state index contributed by atoms with van der Waals surface area (Å²) in [5, 5.41) is 3.97. The lowest BCUT2D eigenvalue weighted by Crippen LogP contribution is -2.15. The highest BCUT2D eigenvalue weighted by Crippen LogP contribution is 2.44. The Labute approximate surface area is 373 Å². The largest absolute Gasteiger partial charge is 0.482 e. The molecule has 8 rings (SSSR count). The van der Waals surface area contributed by atoms with Gasteiger partial charge in [-0.25, -0.2) is 17.6 Å². The highest BCUT2D eigenvalue weighted by atomic mass is 35.5. The molecule has 0 spiro atoms. The number of hydrogen-bond acceptors (Lipinski definition) is 3. The summed E-state index contributed by atoms with van der Waals surface area (Å²) in [5.41, 5.74) is -5.43. The molecule has 0 aliphatic carbocycles. The molecule has 2 N–H and O–H groups in total. The number of rotatable bonds is 7. The number of halogens is 14. The molecule has 4 aromatic carbocycles. The van der Waals surface area contributed by atoms with E-state index in [2.05, 4.69) is 10.6 Å². The molecule has 0 fully saturated rings. The zero-order chi connectivity index (χ0) is 48.7. The van der Waals surface area contributed by atoms with Gasteiger partial charge in [-0.2, -0.15) is 39.5 Å². The number of methoxy groups -OCH3 is 1. The third-order valence-electron chi connectivity index (χ3n) is 9.94. The third kappa shape index (κ3) is 9.74. The zero-order valence-electron chi connectivity index (χ0n) is 33.5. The van der Waals surface area contributed by atoms with E-state index >= 15 is 0 Å². The van der Waals surface area contributed by atoms with Gasteiger partial charge in [0.05, 0.1) is 35.2 Å². The second-order valence-electron chi connectivity index (χ2n) is 14.2. The van der Waals surface area contributed by atoms with Gasteiger partial charge < -0.3 is 15.4 Å². The van der Waals surface area contributed by atoms with Crippen LogP contribution in [-0.2, 0) is 18.5 Å². The van der Waals surface area contributed by atoms with E-state index < -0.39 is 97.8 Å². The lowest BCUT2D eigenvalue weighted by molar-refractivity contribution is -0.138. The number of aromatic nitrogens is 2. The van der Waals surface area contributed by atoms with Crippen LogP contribution in [0.4, 0.5) is 68.5 Å². The molecule has 4 heterocycles. The molecule has 0 saturated carbocycles. The first kappa shape index (κ1) is 47.5. The summed E-state index contributed by atoms with van der Waals surface area (Å²) in [4.78, 5) is 24.5. The SMILES string of the molecule is COc1cccc2cc(C(F)(F)F)c(-c3ccc(NC(=O)c4c(F)cccc4F)cc3)n12.O=C(Nc1ccc(-c2c(C(F)(F)F)cc3cc(C(F)(F)F)cc(Cl)n23)cc1)c1c(F)cccc1F. The van der Waals surface area contributed by atoms with Crippen LogP contribution in [0.25, 0.3) is 33.5 Å². The van der Waals surface area contributed by atoms with Crippen LogP contribution in [0.1, 0.15) is 37.4 Å². The van der Waals surface area contributed by atoms with Crippen molar-refractivity contribution >= 4 is 45.8 Å². The van der Waals surface area contributed by atoms with Gasteiger partial charge in [-0.3, -0.25) is 18.4 Å². The predicted molar refractivity (Wildman–Crippen MR) is 221 cm³/mol. The number of carbonyl (C=O) groups excluding carboxylic acids is 2. The Bertz CT molecular complexity index is 3140. The van der Waals surface area contributed by atoms with Gasteiger partial charge >= 0.3 is 18.5 Å². The fourth-order valence-corrected chi connectivity index (χ4v) is 7.32. The Balaban J connectivity index is 0.000000200. The molecule has 2 amide bonds. The number of fused-ring (bicyclic) bond motifs is 2. The molecule has 0 bridgehead atoms. The molecular weight excluding hydrogens is 939 g/mol. The highest BCUT2D eigenvalue weighted by Gasteiger charge is 2.39. The van der Waals surface area contributed by atoms with E-state index in [1.54, 1.807) is 6.07 Å². The molecule has 0 saturated heterocycles. The topological polar surface area (TPSA) is 76.2 Å². The molecule has 7 nitrogen and oxygen atoms in total. The van der Waals surface area contributed by atoms with E-state index in [4.69, 9.17) is 16.3 Å². The summed E-state index contributed by atoms with van der Waals surface area (Å²) < 4.78 is 184. The maximum Gasteiger partial charge on any atom is 0.418 e. The van der Waals surface area contributed by atoms with E-state index in [0.717, 1.165) is 59.0 Å². The van der Waals surface area contributed by atoms with Crippen LogP contribution >= 0.6 is 11.6 Å². The molecule has 0 aliphatic rings. The van der Waals surface area contributed by atoms with Crippen LogP contribution < -0.4 is 15.4 Å². The second kappa shape index (κ2) is 18.1. The Morgan fingerprint density at radius 2 is 0.910 bits per heavy atom. The van der Waals surface area contributed by atoms with Crippen molar-refractivity contribution in [3.63, 3.8) is 0 Å². The van der Waals surface area contributed by atoms with Crippen molar-refractivity contribution in [2.75, 3.05) is 17.7 Å². The summed E-state index contributed by atoms with van der Waals surface area (Å²) >= 11 is 5.95. The van der Waals surface area contributed by atoms with E-state index in [1.807, 2.05) is 0 Å². The summed E-state index contributed by atoms with van der Waals surface area (Å²) in [7, 11) is 1.35. The molecule has 0 unspecified atom stereocenters. The van der Waals surface area contributed by atoms with Crippen molar-refractivity contribution in [2.24, 2.45) is 0 Å². The number of nitrogens with one attached hydrogen (secondary N) is 2. The first-order valence-corrected chi connectivity index (χ1v) is 19.3. The second-order valence-corrected chi connectivity index (χ2v) is 14.6. The van der Waals surface area contributed by atoms with Crippen LogP contribution in [0.2, 0.25) is 5.15 Å². The van der Waals surface area contributed by atoms with Crippen molar-refractivity contribution in [3.05, 3.63) is 184 Å². The molecule has 0 radical (unpaired) electrons. The normalized spacial score (nSPS) is 11.9. The Morgan fingerprint density at radius 1 is 0.507 bits per heavy atom. The van der Waals surface area contributed by atoms with E-state index in [9.17, 15) is 66.7 Å². The number of nitrogens with zero attached hydrogens (tertiary/aromatic N) is 2. The molecular formula is C46H26ClF13N4O3. The summed E-state index contributed by atoms with van der Waals surface area (Å²) in [6.45, 7) is 0. The smallest absolute Gasteiger partial charge is 0.418 e. The van der Waals surface area contributed by atoms with Gasteiger partial charge in [0, 0.05) is 22.4 Å². The quantitative estimate of drug-likeness (QED) is 0.123. The number of carbonyl (C=O) groups is 2. The van der Waals surface area contributed by atoms with Crippen LogP contribution in [0.5, 0.6) is 5.88 Å². The standard InChI is InChI=1S/C23H11ClF8N2O.C23H15F5N2O2/c24-18-9-12(22(27,28)29)8-14-10-15(23(30,31)32)20(34(14)18)11-4-6-13(7-5-11)33-21(35)19-16(25)2-1-3-17(19)26;1-32-19-7-2-4-15-12-16(23(26,27)28)21(30(15)19)13-8-10-14(11-9-13)29-22(31)20-17(24)5-3-6-18(20)25/h1-10H,(H,33,35);2-12H,1H3,(H,29,31). The van der Waals surface area contributed by atoms with Gasteiger partial charge in [0.2, 0.25) is 0 Å². The lowest BCUT2D eigenvalue weighted by atomic mass is 10.1. The summed E-state index contributed by atoms with van der Waals surface area (Å²) in [6.07, 6.45) is -14.4. The highest BCUT2D eigenvalue weighted by molar-refractivity contribution is 6.30. The Hall–Kier alpha value is -7.48. The van der Waals surface area contributed by atoms with Gasteiger partial charge in [-0.15, -0.1) is 0 Å². The number of benzene rings is 4. The molecule has 21 heteroatoms. The minimum absolute atomic E-state index is 0.00118. The average Bonchev–Trinajstić information content (AvgIpc) is 3.85. The average molecular weight is 965 g/mol. The van der Waals surface area contributed by atoms with Gasteiger partial charge in [-0.05, 0) is 96.1 Å². The summed E-state index contributed by atoms with van der Waals surface area (Å²) in [6, 6.07) is 23.2. The Morgan fingerprint density at radius 3 is 1.31 bits per heavy atom. The summed E-state index contributed by atoms with van der Waals surface area (Å²) in [5.74, 6) is -6.20. The lowest BCUT2D eigenvalue weighted by Gasteiger charge is -2.13. The number of ether oxygens (including phenoxy) is 1.